The lowest BCUT2D eigenvalue weighted by Gasteiger charge is -2.19. The van der Waals surface area contributed by atoms with E-state index >= 15 is 0 Å². The summed E-state index contributed by atoms with van der Waals surface area (Å²) in [5, 5.41) is 0.717. The zero-order valence-electron chi connectivity index (χ0n) is 15.7. The second-order valence-corrected chi connectivity index (χ2v) is 7.62. The maximum Gasteiger partial charge on any atom is 0.233 e. The van der Waals surface area contributed by atoms with Crippen molar-refractivity contribution in [2.75, 3.05) is 4.90 Å². The van der Waals surface area contributed by atoms with Crippen molar-refractivity contribution in [3.8, 4) is 0 Å². The highest BCUT2D eigenvalue weighted by molar-refractivity contribution is 7.22. The summed E-state index contributed by atoms with van der Waals surface area (Å²) in [7, 11) is 0. The van der Waals surface area contributed by atoms with E-state index in [4.69, 9.17) is 4.98 Å². The average molecular weight is 388 g/mol. The first kappa shape index (κ1) is 18.3. The van der Waals surface area contributed by atoms with Gasteiger partial charge in [-0.05, 0) is 41.8 Å². The zero-order chi connectivity index (χ0) is 19.3. The molecule has 2 heterocycles. The van der Waals surface area contributed by atoms with Crippen LogP contribution in [0.3, 0.4) is 0 Å². The number of thiazole rings is 1. The molecule has 0 atom stereocenters. The van der Waals surface area contributed by atoms with Crippen LogP contribution in [0.4, 0.5) is 5.13 Å². The topological polar surface area (TPSA) is 46.1 Å². The first-order valence-corrected chi connectivity index (χ1v) is 10.2. The number of hydrogen-bond acceptors (Lipinski definition) is 4. The van der Waals surface area contributed by atoms with Gasteiger partial charge in [0.05, 0.1) is 28.9 Å². The summed E-state index contributed by atoms with van der Waals surface area (Å²) in [5.41, 5.74) is 4.04. The third-order valence-electron chi connectivity index (χ3n) is 4.63. The molecule has 2 aromatic heterocycles. The summed E-state index contributed by atoms with van der Waals surface area (Å²) < 4.78 is 1.10. The number of anilines is 1. The van der Waals surface area contributed by atoms with Gasteiger partial charge in [0.15, 0.2) is 5.13 Å². The zero-order valence-corrected chi connectivity index (χ0v) is 16.5. The second kappa shape index (κ2) is 8.31. The Morgan fingerprint density at radius 2 is 1.82 bits per heavy atom. The Balaban J connectivity index is 1.68. The number of amides is 1. The molecule has 140 valence electrons. The third kappa shape index (κ3) is 4.10. The summed E-state index contributed by atoms with van der Waals surface area (Å²) in [6, 6.07) is 21.9. The molecule has 0 aliphatic carbocycles. The average Bonchev–Trinajstić information content (AvgIpc) is 3.16. The molecular formula is C23H21N3OS. The number of hydrogen-bond donors (Lipinski definition) is 0. The van der Waals surface area contributed by atoms with Crippen molar-refractivity contribution in [3.63, 3.8) is 0 Å². The maximum atomic E-state index is 13.2. The molecule has 1 amide bonds. The van der Waals surface area contributed by atoms with E-state index < -0.39 is 0 Å². The van der Waals surface area contributed by atoms with Crippen LogP contribution in [-0.2, 0) is 24.2 Å². The van der Waals surface area contributed by atoms with E-state index in [-0.39, 0.29) is 5.91 Å². The highest BCUT2D eigenvalue weighted by atomic mass is 32.1. The molecule has 0 saturated heterocycles. The van der Waals surface area contributed by atoms with Gasteiger partial charge in [-0.3, -0.25) is 14.7 Å². The lowest BCUT2D eigenvalue weighted by Crippen LogP contribution is -2.32. The second-order valence-electron chi connectivity index (χ2n) is 6.62. The van der Waals surface area contributed by atoms with Crippen LogP contribution >= 0.6 is 11.3 Å². The molecule has 0 unspecified atom stereocenters. The van der Waals surface area contributed by atoms with Gasteiger partial charge in [-0.25, -0.2) is 4.98 Å². The molecule has 0 radical (unpaired) electrons. The van der Waals surface area contributed by atoms with Crippen LogP contribution in [0.5, 0.6) is 0 Å². The van der Waals surface area contributed by atoms with Gasteiger partial charge in [-0.1, -0.05) is 60.7 Å². The Kier molecular flexibility index (Phi) is 5.44. The van der Waals surface area contributed by atoms with Gasteiger partial charge in [0.2, 0.25) is 5.91 Å². The molecule has 0 fully saturated rings. The standard InChI is InChI=1S/C23H21N3OS/c1-2-17-11-12-20-21(14-17)28-23(25-20)26(16-19-10-6-7-13-24-19)22(27)15-18-8-4-3-5-9-18/h3-14H,2,15-16H2,1H3. The SMILES string of the molecule is CCc1ccc2nc(N(Cc3ccccn3)C(=O)Cc3ccccc3)sc2c1. The molecule has 0 aliphatic rings. The number of fused-ring (bicyclic) bond motifs is 1. The predicted molar refractivity (Wildman–Crippen MR) is 115 cm³/mol. The molecule has 5 heteroatoms. The highest BCUT2D eigenvalue weighted by Gasteiger charge is 2.21. The van der Waals surface area contributed by atoms with E-state index in [1.165, 1.54) is 5.56 Å². The van der Waals surface area contributed by atoms with E-state index in [0.717, 1.165) is 33.0 Å². The van der Waals surface area contributed by atoms with Crippen LogP contribution in [0, 0.1) is 0 Å². The van der Waals surface area contributed by atoms with Crippen molar-refractivity contribution < 1.29 is 4.79 Å². The van der Waals surface area contributed by atoms with Crippen LogP contribution < -0.4 is 4.90 Å². The van der Waals surface area contributed by atoms with E-state index in [2.05, 4.69) is 24.0 Å². The molecule has 0 aliphatic heterocycles. The Labute approximate surface area is 168 Å². The molecule has 4 aromatic rings. The largest absolute Gasteiger partial charge is 0.282 e. The van der Waals surface area contributed by atoms with Crippen molar-refractivity contribution in [1.29, 1.82) is 0 Å². The van der Waals surface area contributed by atoms with Gasteiger partial charge < -0.3 is 0 Å². The molecule has 0 spiro atoms. The van der Waals surface area contributed by atoms with E-state index in [1.54, 1.807) is 22.4 Å². The lowest BCUT2D eigenvalue weighted by molar-refractivity contribution is -0.118. The normalized spacial score (nSPS) is 10.9. The smallest absolute Gasteiger partial charge is 0.233 e. The van der Waals surface area contributed by atoms with Gasteiger partial charge in [0.1, 0.15) is 0 Å². The molecular weight excluding hydrogens is 366 g/mol. The van der Waals surface area contributed by atoms with Crippen molar-refractivity contribution >= 4 is 32.6 Å². The number of carbonyl (C=O) groups excluding carboxylic acids is 1. The van der Waals surface area contributed by atoms with Crippen LogP contribution in [0.25, 0.3) is 10.2 Å². The minimum absolute atomic E-state index is 0.0200. The Morgan fingerprint density at radius 1 is 1.00 bits per heavy atom. The van der Waals surface area contributed by atoms with Gasteiger partial charge >= 0.3 is 0 Å². The van der Waals surface area contributed by atoms with Gasteiger partial charge in [0, 0.05) is 6.20 Å². The quantitative estimate of drug-likeness (QED) is 0.466. The Hall–Kier alpha value is -3.05. The predicted octanol–water partition coefficient (Wildman–Crippen LogP) is 5.03. The van der Waals surface area contributed by atoms with Crippen LogP contribution in [0.15, 0.2) is 72.9 Å². The number of pyridine rings is 1. The fourth-order valence-corrected chi connectivity index (χ4v) is 4.12. The fraction of sp³-hybridized carbons (Fsp3) is 0.174. The molecule has 4 rings (SSSR count). The number of rotatable bonds is 6. The first-order valence-electron chi connectivity index (χ1n) is 9.36. The van der Waals surface area contributed by atoms with Crippen LogP contribution in [0.1, 0.15) is 23.7 Å². The molecule has 0 N–H and O–H groups in total. The number of carbonyl (C=O) groups is 1. The van der Waals surface area contributed by atoms with Gasteiger partial charge in [-0.15, -0.1) is 0 Å². The van der Waals surface area contributed by atoms with Crippen molar-refractivity contribution in [1.82, 2.24) is 9.97 Å². The summed E-state index contributed by atoms with van der Waals surface area (Å²) in [5.74, 6) is 0.0200. The number of aryl methyl sites for hydroxylation is 1. The number of benzene rings is 2. The third-order valence-corrected chi connectivity index (χ3v) is 5.67. The van der Waals surface area contributed by atoms with Crippen LogP contribution in [0.2, 0.25) is 0 Å². The monoisotopic (exact) mass is 387 g/mol. The summed E-state index contributed by atoms with van der Waals surface area (Å²) in [4.78, 5) is 24.1. The molecule has 28 heavy (non-hydrogen) atoms. The minimum Gasteiger partial charge on any atom is -0.282 e. The lowest BCUT2D eigenvalue weighted by atomic mass is 10.1. The van der Waals surface area contributed by atoms with Gasteiger partial charge in [0.25, 0.3) is 0 Å². The van der Waals surface area contributed by atoms with Crippen molar-refractivity contribution in [2.24, 2.45) is 0 Å². The van der Waals surface area contributed by atoms with Crippen molar-refractivity contribution in [3.05, 3.63) is 89.7 Å². The fourth-order valence-electron chi connectivity index (χ4n) is 3.07. The first-order chi connectivity index (χ1) is 13.7. The van der Waals surface area contributed by atoms with E-state index in [0.29, 0.717) is 13.0 Å². The summed E-state index contributed by atoms with van der Waals surface area (Å²) in [6.45, 7) is 2.55. The van der Waals surface area contributed by atoms with Crippen molar-refractivity contribution in [2.45, 2.75) is 26.3 Å². The Bertz CT molecular complexity index is 1080. The molecule has 2 aromatic carbocycles. The van der Waals surface area contributed by atoms with E-state index in [9.17, 15) is 4.79 Å². The van der Waals surface area contributed by atoms with E-state index in [1.807, 2.05) is 54.6 Å². The number of aromatic nitrogens is 2. The maximum absolute atomic E-state index is 13.2. The highest BCUT2D eigenvalue weighted by Crippen LogP contribution is 2.31. The van der Waals surface area contributed by atoms with Crippen LogP contribution in [-0.4, -0.2) is 15.9 Å². The molecule has 4 nitrogen and oxygen atoms in total. The number of nitrogens with zero attached hydrogens (tertiary/aromatic N) is 3. The minimum atomic E-state index is 0.0200. The molecule has 0 bridgehead atoms. The summed E-state index contributed by atoms with van der Waals surface area (Å²) >= 11 is 1.56. The Morgan fingerprint density at radius 3 is 2.57 bits per heavy atom. The summed E-state index contributed by atoms with van der Waals surface area (Å²) in [6.07, 6.45) is 3.07. The molecule has 0 saturated carbocycles. The van der Waals surface area contributed by atoms with Gasteiger partial charge in [-0.2, -0.15) is 0 Å².